The lowest BCUT2D eigenvalue weighted by Crippen LogP contribution is -2.19. The molecule has 1 aliphatic heterocycles. The summed E-state index contributed by atoms with van der Waals surface area (Å²) in [5.74, 6) is 1.89. The number of hydrogen-bond donors (Lipinski definition) is 1. The largest absolute Gasteiger partial charge is 0.491 e. The molecule has 0 radical (unpaired) electrons. The van der Waals surface area contributed by atoms with Crippen LogP contribution in [0.15, 0.2) is 47.6 Å². The van der Waals surface area contributed by atoms with E-state index in [1.165, 1.54) is 0 Å². The van der Waals surface area contributed by atoms with Crippen molar-refractivity contribution in [1.82, 2.24) is 5.43 Å². The van der Waals surface area contributed by atoms with Gasteiger partial charge in [-0.1, -0.05) is 0 Å². The number of hydrogen-bond acceptors (Lipinski definition) is 5. The van der Waals surface area contributed by atoms with Crippen molar-refractivity contribution in [2.75, 3.05) is 13.2 Å². The average molecular weight is 368 g/mol. The minimum absolute atomic E-state index is 0.0900. The van der Waals surface area contributed by atoms with Gasteiger partial charge in [0.15, 0.2) is 11.5 Å². The molecule has 1 aliphatic rings. The van der Waals surface area contributed by atoms with Crippen molar-refractivity contribution < 1.29 is 19.0 Å². The lowest BCUT2D eigenvalue weighted by atomic mass is 10.1. The van der Waals surface area contributed by atoms with Crippen LogP contribution >= 0.6 is 0 Å². The monoisotopic (exact) mass is 368 g/mol. The van der Waals surface area contributed by atoms with E-state index >= 15 is 0 Å². The molecule has 6 nitrogen and oxygen atoms in total. The van der Waals surface area contributed by atoms with Crippen LogP contribution in [-0.2, 0) is 0 Å². The van der Waals surface area contributed by atoms with E-state index < -0.39 is 0 Å². The van der Waals surface area contributed by atoms with E-state index in [0.717, 1.165) is 23.5 Å². The third kappa shape index (κ3) is 5.00. The summed E-state index contributed by atoms with van der Waals surface area (Å²) in [6.07, 6.45) is 0.945. The van der Waals surface area contributed by atoms with E-state index in [0.29, 0.717) is 30.2 Å². The molecule has 0 aromatic heterocycles. The zero-order chi connectivity index (χ0) is 19.2. The topological polar surface area (TPSA) is 69.2 Å². The van der Waals surface area contributed by atoms with E-state index in [2.05, 4.69) is 10.5 Å². The molecule has 1 N–H and O–H groups in total. The predicted molar refractivity (Wildman–Crippen MR) is 104 cm³/mol. The Bertz CT molecular complexity index is 829. The number of rotatable bonds is 5. The van der Waals surface area contributed by atoms with Crippen molar-refractivity contribution in [2.24, 2.45) is 5.10 Å². The van der Waals surface area contributed by atoms with Crippen LogP contribution in [0.5, 0.6) is 17.2 Å². The smallest absolute Gasteiger partial charge is 0.271 e. The van der Waals surface area contributed by atoms with Crippen molar-refractivity contribution in [3.63, 3.8) is 0 Å². The first-order chi connectivity index (χ1) is 13.0. The molecule has 0 unspecified atom stereocenters. The Morgan fingerprint density at radius 3 is 2.41 bits per heavy atom. The van der Waals surface area contributed by atoms with E-state index in [9.17, 15) is 4.79 Å². The molecule has 0 atom stereocenters. The number of fused-ring (bicyclic) bond motifs is 1. The highest BCUT2D eigenvalue weighted by atomic mass is 16.5. The van der Waals surface area contributed by atoms with Crippen LogP contribution < -0.4 is 19.6 Å². The third-order valence-corrected chi connectivity index (χ3v) is 3.98. The van der Waals surface area contributed by atoms with Gasteiger partial charge in [0.05, 0.1) is 25.0 Å². The average Bonchev–Trinajstić information content (AvgIpc) is 2.90. The number of carbonyl (C=O) groups excluding carboxylic acids is 1. The van der Waals surface area contributed by atoms with E-state index in [1.54, 1.807) is 24.3 Å². The summed E-state index contributed by atoms with van der Waals surface area (Å²) in [7, 11) is 0. The second kappa shape index (κ2) is 8.58. The van der Waals surface area contributed by atoms with Gasteiger partial charge in [0.2, 0.25) is 0 Å². The van der Waals surface area contributed by atoms with Crippen LogP contribution in [0.3, 0.4) is 0 Å². The van der Waals surface area contributed by atoms with E-state index in [4.69, 9.17) is 14.2 Å². The van der Waals surface area contributed by atoms with Crippen molar-refractivity contribution in [1.29, 1.82) is 0 Å². The molecular weight excluding hydrogens is 344 g/mol. The van der Waals surface area contributed by atoms with Crippen LogP contribution in [-0.4, -0.2) is 30.9 Å². The van der Waals surface area contributed by atoms with Gasteiger partial charge in [-0.2, -0.15) is 5.10 Å². The van der Waals surface area contributed by atoms with Gasteiger partial charge in [-0.3, -0.25) is 4.79 Å². The maximum atomic E-state index is 12.3. The summed E-state index contributed by atoms with van der Waals surface area (Å²) in [4.78, 5) is 12.3. The molecule has 6 heteroatoms. The maximum absolute atomic E-state index is 12.3. The molecule has 0 saturated carbocycles. The Balaban J connectivity index is 1.66. The number of carbonyl (C=O) groups is 1. The highest BCUT2D eigenvalue weighted by Crippen LogP contribution is 2.30. The quantitative estimate of drug-likeness (QED) is 0.644. The molecule has 1 heterocycles. The van der Waals surface area contributed by atoms with E-state index in [1.807, 2.05) is 39.0 Å². The van der Waals surface area contributed by atoms with E-state index in [-0.39, 0.29) is 12.0 Å². The summed E-state index contributed by atoms with van der Waals surface area (Å²) in [5, 5.41) is 4.20. The Hall–Kier alpha value is -3.02. The number of hydrazone groups is 1. The third-order valence-electron chi connectivity index (χ3n) is 3.98. The Morgan fingerprint density at radius 1 is 1.04 bits per heavy atom. The molecule has 27 heavy (non-hydrogen) atoms. The zero-order valence-electron chi connectivity index (χ0n) is 15.8. The maximum Gasteiger partial charge on any atom is 0.271 e. The lowest BCUT2D eigenvalue weighted by molar-refractivity contribution is 0.0955. The van der Waals surface area contributed by atoms with Crippen LogP contribution in [0.2, 0.25) is 0 Å². The van der Waals surface area contributed by atoms with Gasteiger partial charge in [-0.25, -0.2) is 5.43 Å². The van der Waals surface area contributed by atoms with Gasteiger partial charge in [-0.15, -0.1) is 0 Å². The minimum atomic E-state index is -0.278. The van der Waals surface area contributed by atoms with Crippen LogP contribution in [0.4, 0.5) is 0 Å². The van der Waals surface area contributed by atoms with Crippen molar-refractivity contribution in [2.45, 2.75) is 33.3 Å². The van der Waals surface area contributed by atoms with Gasteiger partial charge < -0.3 is 14.2 Å². The number of amides is 1. The SMILES string of the molecule is C/C(=N/NC(=O)c1ccc(OC(C)C)cc1)c1ccc2c(c1)OCCCO2. The van der Waals surface area contributed by atoms with Gasteiger partial charge in [0.25, 0.3) is 5.91 Å². The molecule has 142 valence electrons. The number of nitrogens with zero attached hydrogens (tertiary/aromatic N) is 1. The summed E-state index contributed by atoms with van der Waals surface area (Å²) in [5.41, 5.74) is 4.64. The number of nitrogens with one attached hydrogen (secondary N) is 1. The summed E-state index contributed by atoms with van der Waals surface area (Å²) in [6, 6.07) is 12.6. The first kappa shape index (κ1) is 18.8. The fourth-order valence-corrected chi connectivity index (χ4v) is 2.61. The van der Waals surface area contributed by atoms with Crippen molar-refractivity contribution in [3.8, 4) is 17.2 Å². The highest BCUT2D eigenvalue weighted by molar-refractivity contribution is 6.01. The molecule has 0 saturated heterocycles. The highest BCUT2D eigenvalue weighted by Gasteiger charge is 2.12. The number of ether oxygens (including phenoxy) is 3. The molecule has 0 bridgehead atoms. The van der Waals surface area contributed by atoms with Crippen LogP contribution in [0, 0.1) is 0 Å². The van der Waals surface area contributed by atoms with Gasteiger partial charge in [-0.05, 0) is 63.2 Å². The summed E-state index contributed by atoms with van der Waals surface area (Å²) >= 11 is 0. The van der Waals surface area contributed by atoms with Gasteiger partial charge in [0.1, 0.15) is 5.75 Å². The molecule has 3 rings (SSSR count). The molecule has 2 aromatic carbocycles. The first-order valence-corrected chi connectivity index (χ1v) is 9.04. The second-order valence-corrected chi connectivity index (χ2v) is 6.54. The summed E-state index contributed by atoms with van der Waals surface area (Å²) < 4.78 is 16.9. The Morgan fingerprint density at radius 2 is 1.70 bits per heavy atom. The Labute approximate surface area is 159 Å². The van der Waals surface area contributed by atoms with Gasteiger partial charge >= 0.3 is 0 Å². The molecule has 0 spiro atoms. The fourth-order valence-electron chi connectivity index (χ4n) is 2.61. The van der Waals surface area contributed by atoms with Crippen LogP contribution in [0.1, 0.15) is 43.1 Å². The lowest BCUT2D eigenvalue weighted by Gasteiger charge is -2.10. The molecule has 2 aromatic rings. The standard InChI is InChI=1S/C21H24N2O4/c1-14(2)27-18-8-5-16(6-9-18)21(24)23-22-15(3)17-7-10-19-20(13-17)26-12-4-11-25-19/h5-10,13-14H,4,11-12H2,1-3H3,(H,23,24)/b22-15-. The van der Waals surface area contributed by atoms with Crippen molar-refractivity contribution in [3.05, 3.63) is 53.6 Å². The second-order valence-electron chi connectivity index (χ2n) is 6.54. The molecular formula is C21H24N2O4. The first-order valence-electron chi connectivity index (χ1n) is 9.04. The fraction of sp³-hybridized carbons (Fsp3) is 0.333. The normalized spacial score (nSPS) is 13.9. The predicted octanol–water partition coefficient (Wildman–Crippen LogP) is 3.79. The zero-order valence-corrected chi connectivity index (χ0v) is 15.8. The molecule has 0 aliphatic carbocycles. The Kier molecular flexibility index (Phi) is 5.96. The van der Waals surface area contributed by atoms with Gasteiger partial charge in [0, 0.05) is 17.5 Å². The van der Waals surface area contributed by atoms with Crippen LogP contribution in [0.25, 0.3) is 0 Å². The number of benzene rings is 2. The van der Waals surface area contributed by atoms with Crippen molar-refractivity contribution >= 4 is 11.6 Å². The molecule has 1 amide bonds. The molecule has 0 fully saturated rings. The summed E-state index contributed by atoms with van der Waals surface area (Å²) in [6.45, 7) is 7.02. The minimum Gasteiger partial charge on any atom is -0.491 e.